The normalized spacial score (nSPS) is 17.8. The highest BCUT2D eigenvalue weighted by molar-refractivity contribution is 4.73. The number of hydrogen-bond donors (Lipinski definition) is 0. The van der Waals surface area contributed by atoms with Gasteiger partial charge in [-0.15, -0.1) is 0 Å². The van der Waals surface area contributed by atoms with Crippen molar-refractivity contribution in [3.63, 3.8) is 0 Å². The highest BCUT2D eigenvalue weighted by Crippen LogP contribution is 2.28. The molecule has 0 aromatic rings. The van der Waals surface area contributed by atoms with E-state index in [0.717, 1.165) is 24.2 Å². The Morgan fingerprint density at radius 1 is 0.941 bits per heavy atom. The molecule has 3 unspecified atom stereocenters. The van der Waals surface area contributed by atoms with Gasteiger partial charge in [0.2, 0.25) is 0 Å². The second-order valence-electron chi connectivity index (χ2n) is 7.14. The van der Waals surface area contributed by atoms with Gasteiger partial charge in [-0.2, -0.15) is 0 Å². The third kappa shape index (κ3) is 10.9. The maximum absolute atomic E-state index is 4.20. The maximum Gasteiger partial charge on any atom is -0.0351 e. The average molecular weight is 238 g/mol. The van der Waals surface area contributed by atoms with Crippen molar-refractivity contribution in [2.45, 2.75) is 73.1 Å². The van der Waals surface area contributed by atoms with E-state index >= 15 is 0 Å². The van der Waals surface area contributed by atoms with E-state index in [-0.39, 0.29) is 5.41 Å². The molecule has 0 bridgehead atoms. The minimum absolute atomic E-state index is 0.243. The molecule has 0 spiro atoms. The second kappa shape index (κ2) is 8.16. The van der Waals surface area contributed by atoms with Crippen LogP contribution < -0.4 is 0 Å². The lowest BCUT2D eigenvalue weighted by Gasteiger charge is -2.23. The van der Waals surface area contributed by atoms with Crippen molar-refractivity contribution in [2.24, 2.45) is 23.2 Å². The summed E-state index contributed by atoms with van der Waals surface area (Å²) >= 11 is 0. The predicted molar refractivity (Wildman–Crippen MR) is 79.7 cm³/mol. The lowest BCUT2D eigenvalue weighted by Crippen LogP contribution is -2.11. The summed E-state index contributed by atoms with van der Waals surface area (Å²) in [6, 6.07) is 0. The lowest BCUT2D eigenvalue weighted by molar-refractivity contribution is 0.311. The standard InChI is InChI=1S/C17H34/c1-8-14(2)12-15(3)10-9-11-16(4)13-17(5,6)7/h14-16H,1,5,8-13H2,2-4,6-7H3. The van der Waals surface area contributed by atoms with E-state index < -0.39 is 0 Å². The Morgan fingerprint density at radius 2 is 1.47 bits per heavy atom. The Kier molecular flexibility index (Phi) is 8.16. The molecule has 0 aliphatic carbocycles. The van der Waals surface area contributed by atoms with Crippen molar-refractivity contribution in [1.29, 1.82) is 0 Å². The summed E-state index contributed by atoms with van der Waals surface area (Å²) in [4.78, 5) is 0. The third-order valence-electron chi connectivity index (χ3n) is 3.59. The third-order valence-corrected chi connectivity index (χ3v) is 3.59. The highest BCUT2D eigenvalue weighted by atomic mass is 14.2. The molecule has 2 radical (unpaired) electrons. The molecule has 0 saturated carbocycles. The molecule has 0 heteroatoms. The molecule has 0 amide bonds. The fourth-order valence-corrected chi connectivity index (χ4v) is 2.78. The summed E-state index contributed by atoms with van der Waals surface area (Å²) in [6.07, 6.45) is 7.79. The summed E-state index contributed by atoms with van der Waals surface area (Å²) in [7, 11) is 0. The van der Waals surface area contributed by atoms with Gasteiger partial charge in [0, 0.05) is 0 Å². The Balaban J connectivity index is 3.62. The van der Waals surface area contributed by atoms with Gasteiger partial charge in [0.15, 0.2) is 0 Å². The van der Waals surface area contributed by atoms with Gasteiger partial charge in [0.1, 0.15) is 0 Å². The predicted octanol–water partition coefficient (Wildman–Crippen LogP) is 5.93. The molecule has 3 atom stereocenters. The molecular formula is C17H34. The Bertz CT molecular complexity index is 175. The van der Waals surface area contributed by atoms with E-state index in [1.807, 2.05) is 0 Å². The average Bonchev–Trinajstić information content (AvgIpc) is 2.14. The van der Waals surface area contributed by atoms with Crippen molar-refractivity contribution in [3.05, 3.63) is 13.8 Å². The van der Waals surface area contributed by atoms with Crippen LogP contribution >= 0.6 is 0 Å². The molecule has 0 saturated heterocycles. The van der Waals surface area contributed by atoms with E-state index in [1.54, 1.807) is 0 Å². The summed E-state index contributed by atoms with van der Waals surface area (Å²) in [5.74, 6) is 2.48. The quantitative estimate of drug-likeness (QED) is 0.467. The molecule has 0 aromatic carbocycles. The fourth-order valence-electron chi connectivity index (χ4n) is 2.78. The van der Waals surface area contributed by atoms with Gasteiger partial charge in [-0.3, -0.25) is 0 Å². The lowest BCUT2D eigenvalue weighted by atomic mass is 9.82. The van der Waals surface area contributed by atoms with Crippen LogP contribution in [0.2, 0.25) is 0 Å². The zero-order valence-corrected chi connectivity index (χ0v) is 12.9. The van der Waals surface area contributed by atoms with Crippen molar-refractivity contribution < 1.29 is 0 Å². The van der Waals surface area contributed by atoms with Crippen molar-refractivity contribution in [2.75, 3.05) is 0 Å². The highest BCUT2D eigenvalue weighted by Gasteiger charge is 2.15. The summed E-state index contributed by atoms with van der Waals surface area (Å²) in [5, 5.41) is 0. The van der Waals surface area contributed by atoms with E-state index in [1.165, 1.54) is 32.1 Å². The second-order valence-corrected chi connectivity index (χ2v) is 7.14. The Morgan fingerprint density at radius 3 is 1.94 bits per heavy atom. The van der Waals surface area contributed by atoms with Gasteiger partial charge in [-0.1, -0.05) is 67.2 Å². The van der Waals surface area contributed by atoms with E-state index in [0.29, 0.717) is 0 Å². The molecule has 0 aliphatic heterocycles. The molecule has 0 nitrogen and oxygen atoms in total. The topological polar surface area (TPSA) is 0 Å². The van der Waals surface area contributed by atoms with Crippen LogP contribution in [0.3, 0.4) is 0 Å². The first-order chi connectivity index (χ1) is 7.74. The minimum Gasteiger partial charge on any atom is -0.0625 e. The van der Waals surface area contributed by atoms with Crippen LogP contribution in [-0.4, -0.2) is 0 Å². The zero-order chi connectivity index (χ0) is 13.5. The SMILES string of the molecule is [CH2]CC(C)CC(C)CCCC(C)CC([CH2])(C)C. The smallest absolute Gasteiger partial charge is 0.0351 e. The van der Waals surface area contributed by atoms with Gasteiger partial charge >= 0.3 is 0 Å². The van der Waals surface area contributed by atoms with Gasteiger partial charge in [0.05, 0.1) is 0 Å². The minimum atomic E-state index is 0.243. The first-order valence-electron chi connectivity index (χ1n) is 7.39. The Labute approximate surface area is 111 Å². The largest absolute Gasteiger partial charge is 0.0625 e. The molecule has 0 aliphatic rings. The van der Waals surface area contributed by atoms with Crippen LogP contribution in [0, 0.1) is 37.0 Å². The number of rotatable bonds is 9. The van der Waals surface area contributed by atoms with Gasteiger partial charge in [-0.05, 0) is 42.9 Å². The number of hydrogen-bond acceptors (Lipinski definition) is 0. The van der Waals surface area contributed by atoms with E-state index in [4.69, 9.17) is 0 Å². The van der Waals surface area contributed by atoms with Crippen LogP contribution in [-0.2, 0) is 0 Å². The first-order valence-corrected chi connectivity index (χ1v) is 7.39. The van der Waals surface area contributed by atoms with Crippen LogP contribution in [0.4, 0.5) is 0 Å². The zero-order valence-electron chi connectivity index (χ0n) is 12.9. The molecule has 0 rings (SSSR count). The van der Waals surface area contributed by atoms with Crippen LogP contribution in [0.15, 0.2) is 0 Å². The first kappa shape index (κ1) is 17.0. The monoisotopic (exact) mass is 238 g/mol. The summed E-state index contributed by atoms with van der Waals surface area (Å²) < 4.78 is 0. The fraction of sp³-hybridized carbons (Fsp3) is 0.882. The summed E-state index contributed by atoms with van der Waals surface area (Å²) in [6.45, 7) is 19.7. The van der Waals surface area contributed by atoms with E-state index in [2.05, 4.69) is 48.5 Å². The van der Waals surface area contributed by atoms with Gasteiger partial charge in [-0.25, -0.2) is 0 Å². The van der Waals surface area contributed by atoms with E-state index in [9.17, 15) is 0 Å². The van der Waals surface area contributed by atoms with Crippen molar-refractivity contribution in [3.8, 4) is 0 Å². The van der Waals surface area contributed by atoms with Crippen LogP contribution in [0.1, 0.15) is 73.1 Å². The molecule has 0 aromatic heterocycles. The van der Waals surface area contributed by atoms with Gasteiger partial charge in [0.25, 0.3) is 0 Å². The molecule has 0 heterocycles. The van der Waals surface area contributed by atoms with Crippen LogP contribution in [0.5, 0.6) is 0 Å². The van der Waals surface area contributed by atoms with Crippen molar-refractivity contribution >= 4 is 0 Å². The molecular weight excluding hydrogens is 204 g/mol. The summed E-state index contributed by atoms with van der Waals surface area (Å²) in [5.41, 5.74) is 0.243. The molecule has 17 heavy (non-hydrogen) atoms. The van der Waals surface area contributed by atoms with Crippen molar-refractivity contribution in [1.82, 2.24) is 0 Å². The molecule has 0 N–H and O–H groups in total. The van der Waals surface area contributed by atoms with Gasteiger partial charge < -0.3 is 0 Å². The molecule has 102 valence electrons. The Hall–Kier alpha value is 0. The maximum atomic E-state index is 4.20. The van der Waals surface area contributed by atoms with Crippen LogP contribution in [0.25, 0.3) is 0 Å². The molecule has 0 fully saturated rings.